The average Bonchev–Trinajstić information content (AvgIpc) is 3.63. The molecule has 10 heteroatoms. The minimum absolute atomic E-state index is 0.0625. The highest BCUT2D eigenvalue weighted by atomic mass is 32.2. The Kier molecular flexibility index (Phi) is 7.04. The van der Waals surface area contributed by atoms with Gasteiger partial charge < -0.3 is 4.74 Å². The molecule has 7 nitrogen and oxygen atoms in total. The molecular formula is C24H29N3O4S3. The number of fused-ring (bicyclic) bond motifs is 1. The molecule has 2 aliphatic rings. The van der Waals surface area contributed by atoms with Crippen molar-refractivity contribution in [3.8, 4) is 0 Å². The molecule has 0 spiro atoms. The number of hydrogen-bond donors (Lipinski definition) is 0. The summed E-state index contributed by atoms with van der Waals surface area (Å²) < 4.78 is 35.4. The molecule has 0 saturated carbocycles. The van der Waals surface area contributed by atoms with Crippen LogP contribution in [0.5, 0.6) is 0 Å². The van der Waals surface area contributed by atoms with Gasteiger partial charge in [0.1, 0.15) is 10.3 Å². The summed E-state index contributed by atoms with van der Waals surface area (Å²) in [4.78, 5) is 20.7. The molecule has 2 saturated heterocycles. The van der Waals surface area contributed by atoms with Crippen LogP contribution in [0, 0.1) is 0 Å². The number of hydrogen-bond acceptors (Lipinski definition) is 7. The molecule has 5 rings (SSSR count). The van der Waals surface area contributed by atoms with E-state index in [1.807, 2.05) is 12.1 Å². The zero-order chi connectivity index (χ0) is 23.7. The standard InChI is InChI=1S/C24H29N3O4S3/c1-2-17-8-5-11-20-22(17)25-24(33-20)26(16-18-9-6-14-31-18)23(28)19-10-3-4-13-27(19)34(29,30)21-12-7-15-32-21/h5,7-8,11-12,15,18-19H,2-4,6,9-10,13-14,16H2,1H3. The molecule has 34 heavy (non-hydrogen) atoms. The lowest BCUT2D eigenvalue weighted by Crippen LogP contribution is -2.54. The summed E-state index contributed by atoms with van der Waals surface area (Å²) in [7, 11) is -3.74. The molecule has 0 bridgehead atoms. The minimum atomic E-state index is -3.74. The van der Waals surface area contributed by atoms with Crippen LogP contribution in [0.2, 0.25) is 0 Å². The van der Waals surface area contributed by atoms with Crippen LogP contribution in [0.4, 0.5) is 5.13 Å². The maximum absolute atomic E-state index is 14.1. The Morgan fingerprint density at radius 3 is 2.82 bits per heavy atom. The number of benzene rings is 1. The fourth-order valence-electron chi connectivity index (χ4n) is 4.79. The van der Waals surface area contributed by atoms with E-state index in [4.69, 9.17) is 9.72 Å². The quantitative estimate of drug-likeness (QED) is 0.453. The number of para-hydroxylation sites is 1. The molecular weight excluding hydrogens is 490 g/mol. The van der Waals surface area contributed by atoms with Gasteiger partial charge in [-0.3, -0.25) is 9.69 Å². The summed E-state index contributed by atoms with van der Waals surface area (Å²) in [6, 6.07) is 8.72. The van der Waals surface area contributed by atoms with Gasteiger partial charge in [0.05, 0.1) is 22.9 Å². The fraction of sp³-hybridized carbons (Fsp3) is 0.500. The number of thiophene rings is 1. The van der Waals surface area contributed by atoms with Crippen LogP contribution in [-0.4, -0.2) is 55.5 Å². The van der Waals surface area contributed by atoms with Crippen molar-refractivity contribution in [1.29, 1.82) is 0 Å². The Balaban J connectivity index is 1.52. The number of aromatic nitrogens is 1. The monoisotopic (exact) mass is 519 g/mol. The molecule has 0 aliphatic carbocycles. The van der Waals surface area contributed by atoms with Crippen molar-refractivity contribution >= 4 is 54.0 Å². The zero-order valence-electron chi connectivity index (χ0n) is 19.2. The van der Waals surface area contributed by atoms with E-state index in [2.05, 4.69) is 13.0 Å². The van der Waals surface area contributed by atoms with Gasteiger partial charge in [-0.2, -0.15) is 4.31 Å². The summed E-state index contributed by atoms with van der Waals surface area (Å²) in [6.07, 6.45) is 4.73. The smallest absolute Gasteiger partial charge is 0.253 e. The third-order valence-electron chi connectivity index (χ3n) is 6.58. The van der Waals surface area contributed by atoms with E-state index >= 15 is 0 Å². The van der Waals surface area contributed by atoms with Gasteiger partial charge in [0.15, 0.2) is 5.13 Å². The van der Waals surface area contributed by atoms with E-state index in [0.717, 1.165) is 47.9 Å². The highest BCUT2D eigenvalue weighted by Crippen LogP contribution is 2.35. The van der Waals surface area contributed by atoms with Crippen molar-refractivity contribution in [2.45, 2.75) is 61.8 Å². The van der Waals surface area contributed by atoms with E-state index < -0.39 is 16.1 Å². The number of aryl methyl sites for hydroxylation is 1. The molecule has 4 heterocycles. The van der Waals surface area contributed by atoms with Crippen LogP contribution in [0.25, 0.3) is 10.2 Å². The van der Waals surface area contributed by atoms with Gasteiger partial charge in [-0.05, 0) is 55.2 Å². The summed E-state index contributed by atoms with van der Waals surface area (Å²) in [5.41, 5.74) is 2.06. The number of ether oxygens (including phenoxy) is 1. The number of amides is 1. The number of thiazole rings is 1. The second kappa shape index (κ2) is 10.0. The molecule has 1 aromatic carbocycles. The van der Waals surface area contributed by atoms with Crippen LogP contribution >= 0.6 is 22.7 Å². The second-order valence-electron chi connectivity index (χ2n) is 8.76. The summed E-state index contributed by atoms with van der Waals surface area (Å²) in [6.45, 7) is 3.53. The maximum Gasteiger partial charge on any atom is 0.253 e. The number of anilines is 1. The van der Waals surface area contributed by atoms with Crippen LogP contribution in [0.1, 0.15) is 44.6 Å². The normalized spacial score (nSPS) is 21.8. The highest BCUT2D eigenvalue weighted by molar-refractivity contribution is 7.91. The minimum Gasteiger partial charge on any atom is -0.376 e. The van der Waals surface area contributed by atoms with Crippen molar-refractivity contribution in [2.75, 3.05) is 24.6 Å². The molecule has 1 amide bonds. The molecule has 2 unspecified atom stereocenters. The summed E-state index contributed by atoms with van der Waals surface area (Å²) in [5.74, 6) is -0.201. The first-order valence-corrected chi connectivity index (χ1v) is 15.0. The zero-order valence-corrected chi connectivity index (χ0v) is 21.6. The SMILES string of the molecule is CCc1cccc2sc(N(CC3CCCO3)C(=O)C3CCCCN3S(=O)(=O)c3cccs3)nc12. The van der Waals surface area contributed by atoms with Crippen LogP contribution in [0.3, 0.4) is 0 Å². The fourth-order valence-corrected chi connectivity index (χ4v) is 8.59. The Morgan fingerprint density at radius 1 is 1.21 bits per heavy atom. The second-order valence-corrected chi connectivity index (χ2v) is 12.8. The number of rotatable bonds is 7. The Morgan fingerprint density at radius 2 is 2.09 bits per heavy atom. The van der Waals surface area contributed by atoms with Gasteiger partial charge in [0, 0.05) is 13.2 Å². The van der Waals surface area contributed by atoms with Crippen molar-refractivity contribution in [2.24, 2.45) is 0 Å². The maximum atomic E-state index is 14.1. The molecule has 2 atom stereocenters. The first kappa shape index (κ1) is 23.9. The van der Waals surface area contributed by atoms with E-state index in [-0.39, 0.29) is 16.2 Å². The lowest BCUT2D eigenvalue weighted by atomic mass is 10.0. The van der Waals surface area contributed by atoms with Gasteiger partial charge in [-0.1, -0.05) is 42.9 Å². The van der Waals surface area contributed by atoms with E-state index in [0.29, 0.717) is 31.2 Å². The molecule has 3 aromatic rings. The van der Waals surface area contributed by atoms with E-state index in [1.54, 1.807) is 22.4 Å². The summed E-state index contributed by atoms with van der Waals surface area (Å²) in [5, 5.41) is 2.37. The number of sulfonamides is 1. The predicted molar refractivity (Wildman–Crippen MR) is 136 cm³/mol. The average molecular weight is 520 g/mol. The number of carbonyl (C=O) groups is 1. The first-order valence-electron chi connectivity index (χ1n) is 11.9. The predicted octanol–water partition coefficient (Wildman–Crippen LogP) is 4.68. The highest BCUT2D eigenvalue weighted by Gasteiger charge is 2.41. The van der Waals surface area contributed by atoms with Crippen molar-refractivity contribution in [3.05, 3.63) is 41.3 Å². The number of nitrogens with zero attached hydrogens (tertiary/aromatic N) is 3. The van der Waals surface area contributed by atoms with Crippen LogP contribution < -0.4 is 4.90 Å². The van der Waals surface area contributed by atoms with Crippen molar-refractivity contribution in [3.63, 3.8) is 0 Å². The third-order valence-corrected chi connectivity index (χ3v) is 10.9. The van der Waals surface area contributed by atoms with Crippen molar-refractivity contribution < 1.29 is 17.9 Å². The topological polar surface area (TPSA) is 79.8 Å². The van der Waals surface area contributed by atoms with Gasteiger partial charge in [0.2, 0.25) is 5.91 Å². The van der Waals surface area contributed by atoms with Gasteiger partial charge in [0.25, 0.3) is 10.0 Å². The summed E-state index contributed by atoms with van der Waals surface area (Å²) >= 11 is 2.68. The number of carbonyl (C=O) groups excluding carboxylic acids is 1. The van der Waals surface area contributed by atoms with Crippen LogP contribution in [-0.2, 0) is 26.0 Å². The first-order chi connectivity index (χ1) is 16.5. The van der Waals surface area contributed by atoms with Crippen molar-refractivity contribution in [1.82, 2.24) is 9.29 Å². The molecule has 2 fully saturated rings. The lowest BCUT2D eigenvalue weighted by molar-refractivity contribution is -0.123. The molecule has 2 aliphatic heterocycles. The molecule has 2 aromatic heterocycles. The number of piperidine rings is 1. The Hall–Kier alpha value is -1.85. The van der Waals surface area contributed by atoms with E-state index in [9.17, 15) is 13.2 Å². The molecule has 182 valence electrons. The Labute approximate surface area is 208 Å². The molecule has 0 radical (unpaired) electrons. The Bertz CT molecular complexity index is 1250. The molecule has 0 N–H and O–H groups in total. The largest absolute Gasteiger partial charge is 0.376 e. The van der Waals surface area contributed by atoms with Gasteiger partial charge >= 0.3 is 0 Å². The van der Waals surface area contributed by atoms with E-state index in [1.165, 1.54) is 27.0 Å². The third kappa shape index (κ3) is 4.54. The lowest BCUT2D eigenvalue weighted by Gasteiger charge is -2.36. The van der Waals surface area contributed by atoms with Gasteiger partial charge in [-0.25, -0.2) is 13.4 Å². The van der Waals surface area contributed by atoms with Crippen LogP contribution in [0.15, 0.2) is 39.9 Å². The van der Waals surface area contributed by atoms with Gasteiger partial charge in [-0.15, -0.1) is 11.3 Å².